The number of nitrogens with two attached hydrogens (primary N) is 1. The second-order valence-corrected chi connectivity index (χ2v) is 5.84. The summed E-state index contributed by atoms with van der Waals surface area (Å²) in [5, 5.41) is 5.68. The van der Waals surface area contributed by atoms with E-state index in [1.165, 1.54) is 10.4 Å². The van der Waals surface area contributed by atoms with E-state index in [0.717, 1.165) is 18.5 Å². The smallest absolute Gasteiger partial charge is 0.248 e. The summed E-state index contributed by atoms with van der Waals surface area (Å²) in [7, 11) is 0. The van der Waals surface area contributed by atoms with Gasteiger partial charge in [0.15, 0.2) is 0 Å². The fraction of sp³-hybridized carbons (Fsp3) is 0.312. The van der Waals surface area contributed by atoms with E-state index in [1.54, 1.807) is 17.4 Å². The van der Waals surface area contributed by atoms with Crippen LogP contribution in [0.15, 0.2) is 35.7 Å². The van der Waals surface area contributed by atoms with Gasteiger partial charge in [-0.2, -0.15) is 0 Å². The van der Waals surface area contributed by atoms with Gasteiger partial charge in [-0.3, -0.25) is 4.79 Å². The van der Waals surface area contributed by atoms with Gasteiger partial charge in [-0.05, 0) is 48.1 Å². The number of aryl methyl sites for hydroxylation is 1. The van der Waals surface area contributed by atoms with Crippen molar-refractivity contribution in [2.75, 3.05) is 0 Å². The fourth-order valence-corrected chi connectivity index (χ4v) is 3.10. The molecule has 2 aromatic rings. The van der Waals surface area contributed by atoms with Crippen molar-refractivity contribution in [3.8, 4) is 0 Å². The van der Waals surface area contributed by atoms with E-state index in [9.17, 15) is 4.79 Å². The first-order valence-corrected chi connectivity index (χ1v) is 7.66. The van der Waals surface area contributed by atoms with Crippen LogP contribution in [0.3, 0.4) is 0 Å². The molecule has 1 unspecified atom stereocenters. The molecule has 3 N–H and O–H groups in total. The predicted molar refractivity (Wildman–Crippen MR) is 83.9 cm³/mol. The van der Waals surface area contributed by atoms with Crippen molar-refractivity contribution in [1.29, 1.82) is 0 Å². The molecule has 1 heterocycles. The summed E-state index contributed by atoms with van der Waals surface area (Å²) in [5.74, 6) is -0.377. The fourth-order valence-electron chi connectivity index (χ4n) is 2.22. The zero-order valence-corrected chi connectivity index (χ0v) is 12.7. The third-order valence-electron chi connectivity index (χ3n) is 3.46. The molecule has 0 radical (unpaired) electrons. The molecule has 0 aliphatic carbocycles. The minimum absolute atomic E-state index is 0.377. The quantitative estimate of drug-likeness (QED) is 0.856. The van der Waals surface area contributed by atoms with Gasteiger partial charge in [-0.25, -0.2) is 0 Å². The lowest BCUT2D eigenvalue weighted by atomic mass is 10.0. The minimum atomic E-state index is -0.377. The molecule has 1 aromatic heterocycles. The Labute approximate surface area is 123 Å². The predicted octanol–water partition coefficient (Wildman–Crippen LogP) is 3.40. The average Bonchev–Trinajstić information content (AvgIpc) is 2.95. The van der Waals surface area contributed by atoms with Gasteiger partial charge in [0.2, 0.25) is 5.91 Å². The van der Waals surface area contributed by atoms with E-state index in [1.807, 2.05) is 19.1 Å². The summed E-state index contributed by atoms with van der Waals surface area (Å²) in [6.45, 7) is 4.98. The second kappa shape index (κ2) is 6.68. The van der Waals surface area contributed by atoms with Gasteiger partial charge in [-0.15, -0.1) is 11.3 Å². The van der Waals surface area contributed by atoms with Crippen molar-refractivity contribution in [3.63, 3.8) is 0 Å². The van der Waals surface area contributed by atoms with Crippen molar-refractivity contribution in [2.45, 2.75) is 32.9 Å². The van der Waals surface area contributed by atoms with E-state index in [-0.39, 0.29) is 5.91 Å². The lowest BCUT2D eigenvalue weighted by molar-refractivity contribution is 0.1000. The van der Waals surface area contributed by atoms with Crippen molar-refractivity contribution in [2.24, 2.45) is 5.73 Å². The first kappa shape index (κ1) is 14.8. The molecule has 4 heteroatoms. The van der Waals surface area contributed by atoms with Crippen LogP contribution in [0.25, 0.3) is 0 Å². The van der Waals surface area contributed by atoms with Gasteiger partial charge in [0.1, 0.15) is 0 Å². The minimum Gasteiger partial charge on any atom is -0.366 e. The van der Waals surface area contributed by atoms with Crippen LogP contribution < -0.4 is 11.1 Å². The average molecular weight is 288 g/mol. The molecular weight excluding hydrogens is 268 g/mol. The van der Waals surface area contributed by atoms with Gasteiger partial charge in [0, 0.05) is 23.0 Å². The molecule has 0 aliphatic rings. The summed E-state index contributed by atoms with van der Waals surface area (Å²) in [6, 6.07) is 10.2. The molecule has 20 heavy (non-hydrogen) atoms. The van der Waals surface area contributed by atoms with Crippen LogP contribution in [0.1, 0.15) is 45.7 Å². The van der Waals surface area contributed by atoms with E-state index < -0.39 is 0 Å². The van der Waals surface area contributed by atoms with Crippen LogP contribution in [0.2, 0.25) is 0 Å². The zero-order valence-electron chi connectivity index (χ0n) is 11.8. The van der Waals surface area contributed by atoms with E-state index in [0.29, 0.717) is 11.6 Å². The second-order valence-electron chi connectivity index (χ2n) is 4.86. The van der Waals surface area contributed by atoms with Crippen LogP contribution in [-0.4, -0.2) is 5.91 Å². The number of rotatable bonds is 6. The number of amides is 1. The maximum Gasteiger partial charge on any atom is 0.248 e. The van der Waals surface area contributed by atoms with Crippen LogP contribution in [-0.2, 0) is 6.54 Å². The molecule has 1 atom stereocenters. The van der Waals surface area contributed by atoms with Crippen LogP contribution in [0.5, 0.6) is 0 Å². The molecule has 0 saturated heterocycles. The van der Waals surface area contributed by atoms with Gasteiger partial charge in [-0.1, -0.05) is 19.1 Å². The van der Waals surface area contributed by atoms with Crippen molar-refractivity contribution in [1.82, 2.24) is 5.32 Å². The Kier molecular flexibility index (Phi) is 4.93. The molecule has 0 bridgehead atoms. The Bertz CT molecular complexity index is 578. The number of benzene rings is 1. The van der Waals surface area contributed by atoms with Crippen molar-refractivity contribution in [3.05, 3.63) is 57.3 Å². The number of carbonyl (C=O) groups is 1. The number of hydrogen-bond donors (Lipinski definition) is 2. The Morgan fingerprint density at radius 3 is 2.75 bits per heavy atom. The van der Waals surface area contributed by atoms with Crippen LogP contribution >= 0.6 is 11.3 Å². The molecule has 0 aliphatic heterocycles. The summed E-state index contributed by atoms with van der Waals surface area (Å²) < 4.78 is 0. The van der Waals surface area contributed by atoms with Crippen LogP contribution in [0, 0.1) is 6.92 Å². The number of carbonyl (C=O) groups excluding carboxylic acids is 1. The molecule has 0 spiro atoms. The summed E-state index contributed by atoms with van der Waals surface area (Å²) >= 11 is 1.78. The topological polar surface area (TPSA) is 55.1 Å². The highest BCUT2D eigenvalue weighted by atomic mass is 32.1. The van der Waals surface area contributed by atoms with Gasteiger partial charge >= 0.3 is 0 Å². The van der Waals surface area contributed by atoms with E-state index in [2.05, 4.69) is 29.8 Å². The maximum absolute atomic E-state index is 11.1. The highest BCUT2D eigenvalue weighted by Gasteiger charge is 2.10. The van der Waals surface area contributed by atoms with E-state index >= 15 is 0 Å². The van der Waals surface area contributed by atoms with Gasteiger partial charge in [0.05, 0.1) is 0 Å². The summed E-state index contributed by atoms with van der Waals surface area (Å²) in [5.41, 5.74) is 8.15. The van der Waals surface area contributed by atoms with E-state index in [4.69, 9.17) is 5.73 Å². The molecule has 106 valence electrons. The first-order chi connectivity index (χ1) is 9.61. The molecule has 1 aromatic carbocycles. The normalized spacial score (nSPS) is 12.3. The highest BCUT2D eigenvalue weighted by molar-refractivity contribution is 7.10. The Morgan fingerprint density at radius 1 is 1.40 bits per heavy atom. The zero-order chi connectivity index (χ0) is 14.5. The monoisotopic (exact) mass is 288 g/mol. The molecule has 0 saturated carbocycles. The van der Waals surface area contributed by atoms with Crippen molar-refractivity contribution < 1.29 is 4.79 Å². The largest absolute Gasteiger partial charge is 0.366 e. The molecule has 0 fully saturated rings. The molecule has 1 amide bonds. The lowest BCUT2D eigenvalue weighted by Crippen LogP contribution is -2.20. The Balaban J connectivity index is 2.05. The Morgan fingerprint density at radius 2 is 2.20 bits per heavy atom. The van der Waals surface area contributed by atoms with Gasteiger partial charge < -0.3 is 11.1 Å². The molecular formula is C16H20N2OS. The van der Waals surface area contributed by atoms with Crippen molar-refractivity contribution >= 4 is 17.2 Å². The highest BCUT2D eigenvalue weighted by Crippen LogP contribution is 2.22. The first-order valence-electron chi connectivity index (χ1n) is 6.78. The lowest BCUT2D eigenvalue weighted by Gasteiger charge is -2.16. The standard InChI is InChI=1S/C16H20N2OS/c1-3-14(15-5-4-8-20-15)18-10-13-7-6-12(16(17)19)9-11(13)2/h4-9,14,18H,3,10H2,1-2H3,(H2,17,19). The third-order valence-corrected chi connectivity index (χ3v) is 4.45. The molecule has 3 nitrogen and oxygen atoms in total. The number of hydrogen-bond acceptors (Lipinski definition) is 3. The number of primary amides is 1. The van der Waals surface area contributed by atoms with Crippen LogP contribution in [0.4, 0.5) is 0 Å². The SMILES string of the molecule is CCC(NCc1ccc(C(N)=O)cc1C)c1cccs1. The number of thiophene rings is 1. The Hall–Kier alpha value is -1.65. The summed E-state index contributed by atoms with van der Waals surface area (Å²) in [4.78, 5) is 12.5. The molecule has 2 rings (SSSR count). The third kappa shape index (κ3) is 3.46. The maximum atomic E-state index is 11.1. The number of nitrogens with one attached hydrogen (secondary N) is 1. The summed E-state index contributed by atoms with van der Waals surface area (Å²) in [6.07, 6.45) is 1.05. The van der Waals surface area contributed by atoms with Gasteiger partial charge in [0.25, 0.3) is 0 Å².